The van der Waals surface area contributed by atoms with E-state index in [4.69, 9.17) is 10.5 Å². The van der Waals surface area contributed by atoms with Gasteiger partial charge in [-0.25, -0.2) is 4.39 Å². The second-order valence-electron chi connectivity index (χ2n) is 3.43. The van der Waals surface area contributed by atoms with Crippen LogP contribution in [0.1, 0.15) is 17.2 Å². The molecule has 0 bridgehead atoms. The Hall–Kier alpha value is -1.10. The maximum atomic E-state index is 13.2. The lowest BCUT2D eigenvalue weighted by atomic mass is 10.0. The number of nitrogens with two attached hydrogens (primary N) is 1. The molecule has 0 aliphatic carbocycles. The third kappa shape index (κ3) is 2.97. The van der Waals surface area contributed by atoms with Crippen LogP contribution in [-0.4, -0.2) is 7.11 Å². The highest BCUT2D eigenvalue weighted by Crippen LogP contribution is 2.26. The Morgan fingerprint density at radius 2 is 2.06 bits per heavy atom. The van der Waals surface area contributed by atoms with Gasteiger partial charge in [0.1, 0.15) is 0 Å². The Labute approximate surface area is 110 Å². The van der Waals surface area contributed by atoms with E-state index in [2.05, 4.69) is 0 Å². The quantitative estimate of drug-likeness (QED) is 0.931. The molecule has 0 saturated heterocycles. The zero-order valence-corrected chi connectivity index (χ0v) is 10.9. The van der Waals surface area contributed by atoms with Crippen molar-refractivity contribution in [2.75, 3.05) is 7.11 Å². The summed E-state index contributed by atoms with van der Waals surface area (Å²) in [6.07, 6.45) is 0. The van der Waals surface area contributed by atoms with Gasteiger partial charge in [-0.2, -0.15) is 11.3 Å². The van der Waals surface area contributed by atoms with Crippen molar-refractivity contribution in [3.05, 3.63) is 52.0 Å². The van der Waals surface area contributed by atoms with Gasteiger partial charge in [0, 0.05) is 0 Å². The molecular weight excluding hydrogens is 261 g/mol. The van der Waals surface area contributed by atoms with Gasteiger partial charge in [-0.3, -0.25) is 0 Å². The van der Waals surface area contributed by atoms with E-state index in [1.165, 1.54) is 13.2 Å². The fraction of sp³-hybridized carbons (Fsp3) is 0.167. The van der Waals surface area contributed by atoms with Gasteiger partial charge in [-0.05, 0) is 40.1 Å². The molecule has 0 aliphatic heterocycles. The molecule has 1 atom stereocenters. The second kappa shape index (κ2) is 6.00. The smallest absolute Gasteiger partial charge is 0.165 e. The minimum absolute atomic E-state index is 0. The van der Waals surface area contributed by atoms with Gasteiger partial charge in [0.25, 0.3) is 0 Å². The van der Waals surface area contributed by atoms with E-state index < -0.39 is 0 Å². The lowest BCUT2D eigenvalue weighted by Gasteiger charge is -2.12. The first kappa shape index (κ1) is 14.0. The summed E-state index contributed by atoms with van der Waals surface area (Å²) < 4.78 is 18.1. The number of benzene rings is 1. The largest absolute Gasteiger partial charge is 0.494 e. The van der Waals surface area contributed by atoms with Crippen LogP contribution in [0.3, 0.4) is 0 Å². The van der Waals surface area contributed by atoms with Gasteiger partial charge in [-0.1, -0.05) is 6.07 Å². The molecule has 1 heterocycles. The Morgan fingerprint density at radius 3 is 2.65 bits per heavy atom. The van der Waals surface area contributed by atoms with Crippen LogP contribution in [0, 0.1) is 5.82 Å². The lowest BCUT2D eigenvalue weighted by molar-refractivity contribution is 0.385. The van der Waals surface area contributed by atoms with Crippen molar-refractivity contribution >= 4 is 23.7 Å². The first-order chi connectivity index (χ1) is 7.72. The molecule has 2 rings (SSSR count). The van der Waals surface area contributed by atoms with Crippen LogP contribution in [-0.2, 0) is 0 Å². The van der Waals surface area contributed by atoms with Crippen molar-refractivity contribution in [1.29, 1.82) is 0 Å². The minimum atomic E-state index is -0.372. The molecule has 92 valence electrons. The third-order valence-electron chi connectivity index (χ3n) is 2.44. The van der Waals surface area contributed by atoms with Gasteiger partial charge in [0.15, 0.2) is 11.6 Å². The summed E-state index contributed by atoms with van der Waals surface area (Å²) in [5, 5.41) is 3.95. The molecule has 1 aromatic carbocycles. The zero-order chi connectivity index (χ0) is 11.5. The maximum absolute atomic E-state index is 13.2. The first-order valence-electron chi connectivity index (χ1n) is 4.83. The highest BCUT2D eigenvalue weighted by Gasteiger charge is 2.12. The Balaban J connectivity index is 0.00000144. The second-order valence-corrected chi connectivity index (χ2v) is 4.21. The first-order valence-corrected chi connectivity index (χ1v) is 5.77. The molecule has 2 aromatic rings. The lowest BCUT2D eigenvalue weighted by Crippen LogP contribution is -2.11. The molecule has 2 nitrogen and oxygen atoms in total. The minimum Gasteiger partial charge on any atom is -0.494 e. The van der Waals surface area contributed by atoms with Crippen molar-refractivity contribution in [1.82, 2.24) is 0 Å². The molecule has 17 heavy (non-hydrogen) atoms. The molecule has 2 N–H and O–H groups in total. The van der Waals surface area contributed by atoms with Crippen LogP contribution < -0.4 is 10.5 Å². The van der Waals surface area contributed by atoms with Crippen LogP contribution in [0.5, 0.6) is 5.75 Å². The van der Waals surface area contributed by atoms with E-state index in [0.717, 1.165) is 11.1 Å². The highest BCUT2D eigenvalue weighted by molar-refractivity contribution is 7.08. The van der Waals surface area contributed by atoms with E-state index in [1.54, 1.807) is 23.5 Å². The number of rotatable bonds is 3. The topological polar surface area (TPSA) is 35.2 Å². The molecule has 0 amide bonds. The van der Waals surface area contributed by atoms with Crippen LogP contribution in [0.25, 0.3) is 0 Å². The number of ether oxygens (including phenoxy) is 1. The Kier molecular flexibility index (Phi) is 4.93. The third-order valence-corrected chi connectivity index (χ3v) is 3.14. The summed E-state index contributed by atoms with van der Waals surface area (Å²) in [6.45, 7) is 0. The number of hydrogen-bond acceptors (Lipinski definition) is 3. The van der Waals surface area contributed by atoms with Gasteiger partial charge in [0.05, 0.1) is 13.2 Å². The van der Waals surface area contributed by atoms with Crippen LogP contribution in [0.2, 0.25) is 0 Å². The molecule has 0 saturated carbocycles. The van der Waals surface area contributed by atoms with Crippen molar-refractivity contribution in [2.24, 2.45) is 5.73 Å². The predicted molar refractivity (Wildman–Crippen MR) is 70.5 cm³/mol. The summed E-state index contributed by atoms with van der Waals surface area (Å²) in [4.78, 5) is 0. The number of thiophene rings is 1. The van der Waals surface area contributed by atoms with Crippen LogP contribution in [0.15, 0.2) is 35.0 Å². The van der Waals surface area contributed by atoms with Gasteiger partial charge in [-0.15, -0.1) is 12.4 Å². The molecule has 0 radical (unpaired) electrons. The molecule has 0 spiro atoms. The van der Waals surface area contributed by atoms with Crippen molar-refractivity contribution < 1.29 is 9.13 Å². The van der Waals surface area contributed by atoms with Crippen LogP contribution in [0.4, 0.5) is 4.39 Å². The number of halogens is 2. The summed E-state index contributed by atoms with van der Waals surface area (Å²) >= 11 is 1.59. The van der Waals surface area contributed by atoms with E-state index in [1.807, 2.05) is 16.8 Å². The van der Waals surface area contributed by atoms with Gasteiger partial charge >= 0.3 is 0 Å². The van der Waals surface area contributed by atoms with Crippen molar-refractivity contribution in [3.63, 3.8) is 0 Å². The normalized spacial score (nSPS) is 11.7. The average molecular weight is 274 g/mol. The van der Waals surface area contributed by atoms with Crippen molar-refractivity contribution in [3.8, 4) is 5.75 Å². The summed E-state index contributed by atoms with van der Waals surface area (Å²) in [7, 11) is 1.44. The highest BCUT2D eigenvalue weighted by atomic mass is 35.5. The van der Waals surface area contributed by atoms with E-state index in [0.29, 0.717) is 0 Å². The van der Waals surface area contributed by atoms with Crippen molar-refractivity contribution in [2.45, 2.75) is 6.04 Å². The average Bonchev–Trinajstić information content (AvgIpc) is 2.82. The predicted octanol–water partition coefficient (Wildman–Crippen LogP) is 3.37. The SMILES string of the molecule is COc1cc([C@@H](N)c2ccsc2)ccc1F.Cl. The zero-order valence-electron chi connectivity index (χ0n) is 9.22. The van der Waals surface area contributed by atoms with Gasteiger partial charge in [0.2, 0.25) is 0 Å². The summed E-state index contributed by atoms with van der Waals surface area (Å²) in [6, 6.07) is 6.42. The van der Waals surface area contributed by atoms with E-state index >= 15 is 0 Å². The maximum Gasteiger partial charge on any atom is 0.165 e. The monoisotopic (exact) mass is 273 g/mol. The molecule has 0 unspecified atom stereocenters. The molecule has 1 aromatic heterocycles. The molecule has 5 heteroatoms. The van der Waals surface area contributed by atoms with Gasteiger partial charge < -0.3 is 10.5 Å². The fourth-order valence-corrected chi connectivity index (χ4v) is 2.21. The fourth-order valence-electron chi connectivity index (χ4n) is 1.51. The molecule has 0 fully saturated rings. The van der Waals surface area contributed by atoms with E-state index in [9.17, 15) is 4.39 Å². The summed E-state index contributed by atoms with van der Waals surface area (Å²) in [5.74, 6) is -0.146. The summed E-state index contributed by atoms with van der Waals surface area (Å²) in [5.41, 5.74) is 7.93. The Morgan fingerprint density at radius 1 is 1.29 bits per heavy atom. The number of methoxy groups -OCH3 is 1. The Bertz CT molecular complexity index is 475. The standard InChI is InChI=1S/C12H12FNOS.ClH/c1-15-11-6-8(2-3-10(11)13)12(14)9-4-5-16-7-9;/h2-7,12H,14H2,1H3;1H/t12-;/m1./s1. The molecular formula is C12H13ClFNOS. The van der Waals surface area contributed by atoms with Crippen LogP contribution >= 0.6 is 23.7 Å². The number of hydrogen-bond donors (Lipinski definition) is 1. The van der Waals surface area contributed by atoms with E-state index in [-0.39, 0.29) is 30.0 Å². The molecule has 0 aliphatic rings.